The van der Waals surface area contributed by atoms with Crippen LogP contribution in [0.1, 0.15) is 29.3 Å². The number of halogens is 3. The van der Waals surface area contributed by atoms with E-state index in [1.807, 2.05) is 4.90 Å². The number of carbonyl (C=O) groups is 3. The van der Waals surface area contributed by atoms with Crippen molar-refractivity contribution in [3.05, 3.63) is 59.7 Å². The lowest BCUT2D eigenvalue weighted by atomic mass is 10.1. The van der Waals surface area contributed by atoms with Gasteiger partial charge in [0.15, 0.2) is 6.04 Å². The van der Waals surface area contributed by atoms with Gasteiger partial charge in [-0.25, -0.2) is 9.69 Å². The molecule has 2 saturated heterocycles. The average molecular weight is 476 g/mol. The van der Waals surface area contributed by atoms with Crippen LogP contribution >= 0.6 is 0 Å². The molecule has 1 N–H and O–H groups in total. The first kappa shape index (κ1) is 23.7. The molecule has 2 aromatic carbocycles. The predicted octanol–water partition coefficient (Wildman–Crippen LogP) is 1.92. The standard InChI is InChI=1S/C24H24F3N3O4/c1-2-34-23(33)16-6-8-18(9-7-16)30-21(31)15-20(22(30)32)29-12-10-28(11-13-29)19-5-3-4-17(14-19)24(25,26)27/h3-9,14,20H,2,10-13,15H2,1H3/p+1/t20-/m0/s1. The summed E-state index contributed by atoms with van der Waals surface area (Å²) in [5, 5.41) is 0. The van der Waals surface area contributed by atoms with Gasteiger partial charge in [-0.15, -0.1) is 0 Å². The maximum Gasteiger partial charge on any atom is 0.416 e. The number of carbonyl (C=O) groups excluding carboxylic acids is 3. The van der Waals surface area contributed by atoms with E-state index in [0.29, 0.717) is 43.1 Å². The summed E-state index contributed by atoms with van der Waals surface area (Å²) in [6, 6.07) is 10.8. The zero-order valence-electron chi connectivity index (χ0n) is 18.6. The van der Waals surface area contributed by atoms with Crippen LogP contribution in [0, 0.1) is 0 Å². The van der Waals surface area contributed by atoms with Crippen molar-refractivity contribution in [3.63, 3.8) is 0 Å². The van der Waals surface area contributed by atoms with E-state index in [-0.39, 0.29) is 24.8 Å². The molecule has 2 amide bonds. The van der Waals surface area contributed by atoms with Crippen LogP contribution in [-0.4, -0.2) is 56.6 Å². The van der Waals surface area contributed by atoms with E-state index in [4.69, 9.17) is 4.74 Å². The minimum Gasteiger partial charge on any atom is -0.462 e. The lowest BCUT2D eigenvalue weighted by molar-refractivity contribution is -0.915. The van der Waals surface area contributed by atoms with Crippen LogP contribution in [0.4, 0.5) is 24.5 Å². The highest BCUT2D eigenvalue weighted by molar-refractivity contribution is 6.22. The Balaban J connectivity index is 1.41. The first-order valence-electron chi connectivity index (χ1n) is 11.1. The molecule has 34 heavy (non-hydrogen) atoms. The van der Waals surface area contributed by atoms with Gasteiger partial charge < -0.3 is 14.5 Å². The van der Waals surface area contributed by atoms with Crippen LogP contribution < -0.4 is 14.7 Å². The number of hydrogen-bond acceptors (Lipinski definition) is 5. The second-order valence-electron chi connectivity index (χ2n) is 8.28. The third kappa shape index (κ3) is 4.77. The number of quaternary nitrogens is 1. The van der Waals surface area contributed by atoms with Crippen LogP contribution in [0.5, 0.6) is 0 Å². The largest absolute Gasteiger partial charge is 0.462 e. The van der Waals surface area contributed by atoms with Crippen LogP contribution in [0.2, 0.25) is 0 Å². The van der Waals surface area contributed by atoms with E-state index < -0.39 is 23.8 Å². The zero-order chi connectivity index (χ0) is 24.5. The van der Waals surface area contributed by atoms with Gasteiger partial charge in [-0.2, -0.15) is 13.2 Å². The number of alkyl halides is 3. The van der Waals surface area contributed by atoms with Crippen molar-refractivity contribution in [2.45, 2.75) is 25.6 Å². The highest BCUT2D eigenvalue weighted by Gasteiger charge is 2.46. The van der Waals surface area contributed by atoms with Crippen LogP contribution in [0.25, 0.3) is 0 Å². The fourth-order valence-corrected chi connectivity index (χ4v) is 4.46. The number of benzene rings is 2. The average Bonchev–Trinajstić information content (AvgIpc) is 3.12. The topological polar surface area (TPSA) is 71.4 Å². The Morgan fingerprint density at radius 1 is 1.06 bits per heavy atom. The van der Waals surface area contributed by atoms with Gasteiger partial charge in [0, 0.05) is 5.69 Å². The summed E-state index contributed by atoms with van der Waals surface area (Å²) in [7, 11) is 0. The number of nitrogens with zero attached hydrogens (tertiary/aromatic N) is 2. The van der Waals surface area contributed by atoms with Gasteiger partial charge in [-0.3, -0.25) is 9.59 Å². The monoisotopic (exact) mass is 476 g/mol. The van der Waals surface area contributed by atoms with E-state index in [1.54, 1.807) is 25.1 Å². The molecule has 2 heterocycles. The molecule has 0 aliphatic carbocycles. The molecular formula is C24H25F3N3O4+. The van der Waals surface area contributed by atoms with E-state index >= 15 is 0 Å². The fourth-order valence-electron chi connectivity index (χ4n) is 4.46. The highest BCUT2D eigenvalue weighted by Crippen LogP contribution is 2.31. The summed E-state index contributed by atoms with van der Waals surface area (Å²) < 4.78 is 44.0. The number of hydrogen-bond donors (Lipinski definition) is 1. The van der Waals surface area contributed by atoms with Gasteiger partial charge in [0.1, 0.15) is 0 Å². The molecule has 7 nitrogen and oxygen atoms in total. The fraction of sp³-hybridized carbons (Fsp3) is 0.375. The lowest BCUT2D eigenvalue weighted by Gasteiger charge is -2.35. The molecule has 0 spiro atoms. The van der Waals surface area contributed by atoms with Gasteiger partial charge in [-0.1, -0.05) is 6.07 Å². The number of piperazine rings is 1. The van der Waals surface area contributed by atoms with Gasteiger partial charge in [-0.05, 0) is 49.4 Å². The van der Waals surface area contributed by atoms with Crippen molar-refractivity contribution in [1.29, 1.82) is 0 Å². The molecule has 2 fully saturated rings. The molecule has 1 atom stereocenters. The predicted molar refractivity (Wildman–Crippen MR) is 118 cm³/mol. The molecule has 0 saturated carbocycles. The number of esters is 1. The molecule has 4 rings (SSSR count). The van der Waals surface area contributed by atoms with Gasteiger partial charge >= 0.3 is 12.1 Å². The van der Waals surface area contributed by atoms with E-state index in [9.17, 15) is 27.6 Å². The number of nitrogens with one attached hydrogen (secondary N) is 1. The van der Waals surface area contributed by atoms with Crippen molar-refractivity contribution in [2.24, 2.45) is 0 Å². The summed E-state index contributed by atoms with van der Waals surface area (Å²) in [5.74, 6) is -1.10. The molecule has 10 heteroatoms. The SMILES string of the molecule is CCOC(=O)c1ccc(N2C(=O)C[C@H]([NH+]3CCN(c4cccc(C(F)(F)F)c4)CC3)C2=O)cc1. The van der Waals surface area contributed by atoms with Gasteiger partial charge in [0.05, 0.1) is 56.0 Å². The second kappa shape index (κ2) is 9.46. The van der Waals surface area contributed by atoms with Crippen molar-refractivity contribution >= 4 is 29.2 Å². The molecule has 2 aromatic rings. The minimum absolute atomic E-state index is 0.0668. The lowest BCUT2D eigenvalue weighted by Crippen LogP contribution is -3.19. The smallest absolute Gasteiger partial charge is 0.416 e. The summed E-state index contributed by atoms with van der Waals surface area (Å²) in [6.45, 7) is 3.95. The number of imide groups is 1. The first-order valence-corrected chi connectivity index (χ1v) is 11.1. The Bertz CT molecular complexity index is 1080. The second-order valence-corrected chi connectivity index (χ2v) is 8.28. The Labute approximate surface area is 194 Å². The Hall–Kier alpha value is -3.40. The minimum atomic E-state index is -4.41. The highest BCUT2D eigenvalue weighted by atomic mass is 19.4. The molecule has 180 valence electrons. The number of amides is 2. The molecule has 0 unspecified atom stereocenters. The van der Waals surface area contributed by atoms with Crippen LogP contribution in [-0.2, 0) is 20.5 Å². The molecule has 2 aliphatic rings. The number of rotatable bonds is 5. The Morgan fingerprint density at radius 2 is 1.74 bits per heavy atom. The van der Waals surface area contributed by atoms with E-state index in [1.165, 1.54) is 18.2 Å². The summed E-state index contributed by atoms with van der Waals surface area (Å²) in [5.41, 5.74) is 0.525. The quantitative estimate of drug-likeness (QED) is 0.528. The van der Waals surface area contributed by atoms with Gasteiger partial charge in [0.2, 0.25) is 5.91 Å². The van der Waals surface area contributed by atoms with Gasteiger partial charge in [0.25, 0.3) is 5.91 Å². The third-order valence-corrected chi connectivity index (χ3v) is 6.22. The normalized spacial score (nSPS) is 19.6. The molecule has 0 bridgehead atoms. The third-order valence-electron chi connectivity index (χ3n) is 6.22. The number of anilines is 2. The van der Waals surface area contributed by atoms with Crippen LogP contribution in [0.3, 0.4) is 0 Å². The van der Waals surface area contributed by atoms with E-state index in [2.05, 4.69) is 0 Å². The molecular weight excluding hydrogens is 451 g/mol. The first-order chi connectivity index (χ1) is 16.2. The summed E-state index contributed by atoms with van der Waals surface area (Å²) in [4.78, 5) is 41.5. The van der Waals surface area contributed by atoms with Crippen LogP contribution in [0.15, 0.2) is 48.5 Å². The van der Waals surface area contributed by atoms with Crippen molar-refractivity contribution in [2.75, 3.05) is 42.6 Å². The van der Waals surface area contributed by atoms with Crippen molar-refractivity contribution in [1.82, 2.24) is 0 Å². The maximum atomic E-state index is 13.1. The van der Waals surface area contributed by atoms with Crippen molar-refractivity contribution < 1.29 is 37.2 Å². The molecule has 2 aliphatic heterocycles. The Morgan fingerprint density at radius 3 is 2.35 bits per heavy atom. The maximum absolute atomic E-state index is 13.1. The summed E-state index contributed by atoms with van der Waals surface area (Å²) >= 11 is 0. The van der Waals surface area contributed by atoms with E-state index in [0.717, 1.165) is 21.9 Å². The summed E-state index contributed by atoms with van der Waals surface area (Å²) in [6.07, 6.45) is -4.34. The number of ether oxygens (including phenoxy) is 1. The Kier molecular flexibility index (Phi) is 6.60. The zero-order valence-corrected chi connectivity index (χ0v) is 18.6. The molecule has 0 aromatic heterocycles. The van der Waals surface area contributed by atoms with Crippen molar-refractivity contribution in [3.8, 4) is 0 Å². The molecule has 0 radical (unpaired) electrons.